The lowest BCUT2D eigenvalue weighted by Crippen LogP contribution is -2.49. The number of nitrogens with zero attached hydrogens (tertiary/aromatic N) is 2. The molecule has 27 heavy (non-hydrogen) atoms. The normalized spacial score (nSPS) is 21.9. The summed E-state index contributed by atoms with van der Waals surface area (Å²) in [5.74, 6) is 0. The van der Waals surface area contributed by atoms with Crippen molar-refractivity contribution in [3.05, 3.63) is 69.8 Å². The second-order valence-electron chi connectivity index (χ2n) is 6.84. The minimum Gasteiger partial charge on any atom is -0.258 e. The van der Waals surface area contributed by atoms with Crippen molar-refractivity contribution < 1.29 is 13.3 Å². The smallest absolute Gasteiger partial charge is 0.258 e. The molecule has 1 aliphatic rings. The molecule has 0 spiro atoms. The maximum absolute atomic E-state index is 13.5. The molecule has 0 aromatic heterocycles. The molecule has 1 fully saturated rings. The van der Waals surface area contributed by atoms with Crippen LogP contribution < -0.4 is 0 Å². The molecule has 0 amide bonds. The molecule has 2 aromatic carbocycles. The van der Waals surface area contributed by atoms with Crippen molar-refractivity contribution >= 4 is 31.6 Å². The molecule has 1 aliphatic heterocycles. The van der Waals surface area contributed by atoms with E-state index in [1.54, 1.807) is 0 Å². The fourth-order valence-electron chi connectivity index (χ4n) is 3.79. The van der Waals surface area contributed by atoms with E-state index in [1.165, 1.54) is 22.5 Å². The topological polar surface area (TPSA) is 80.5 Å². The predicted octanol–water partition coefficient (Wildman–Crippen LogP) is 4.37. The van der Waals surface area contributed by atoms with Crippen molar-refractivity contribution in [3.8, 4) is 0 Å². The zero-order valence-electron chi connectivity index (χ0n) is 15.1. The third-order valence-corrected chi connectivity index (χ3v) is 7.89. The molecule has 3 rings (SSSR count). The van der Waals surface area contributed by atoms with Gasteiger partial charge in [0.25, 0.3) is 5.69 Å². The van der Waals surface area contributed by atoms with Crippen molar-refractivity contribution in [1.82, 2.24) is 4.31 Å². The summed E-state index contributed by atoms with van der Waals surface area (Å²) in [7, 11) is -3.91. The number of alkyl halides is 1. The van der Waals surface area contributed by atoms with Crippen LogP contribution in [0, 0.1) is 17.0 Å². The number of non-ortho nitro benzene ring substituents is 1. The van der Waals surface area contributed by atoms with Crippen LogP contribution in [0.5, 0.6) is 0 Å². The molecule has 1 heterocycles. The largest absolute Gasteiger partial charge is 0.270 e. The van der Waals surface area contributed by atoms with E-state index in [0.717, 1.165) is 23.6 Å². The molecule has 0 bridgehead atoms. The van der Waals surface area contributed by atoms with Crippen LogP contribution in [0.25, 0.3) is 0 Å². The number of nitro groups is 1. The lowest BCUT2D eigenvalue weighted by Gasteiger charge is -2.40. The number of rotatable bonds is 5. The van der Waals surface area contributed by atoms with Gasteiger partial charge in [-0.25, -0.2) is 8.42 Å². The maximum Gasteiger partial charge on any atom is 0.270 e. The van der Waals surface area contributed by atoms with Crippen LogP contribution in [0.15, 0.2) is 53.4 Å². The van der Waals surface area contributed by atoms with Crippen LogP contribution in [0.4, 0.5) is 5.69 Å². The van der Waals surface area contributed by atoms with Gasteiger partial charge in [-0.1, -0.05) is 58.7 Å². The molecule has 144 valence electrons. The van der Waals surface area contributed by atoms with Crippen LogP contribution >= 0.6 is 15.9 Å². The number of nitro benzene ring substituents is 1. The molecule has 2 atom stereocenters. The van der Waals surface area contributed by atoms with Crippen molar-refractivity contribution in [2.24, 2.45) is 0 Å². The van der Waals surface area contributed by atoms with Gasteiger partial charge in [-0.3, -0.25) is 10.1 Å². The molecule has 0 radical (unpaired) electrons. The van der Waals surface area contributed by atoms with Gasteiger partial charge in [0.1, 0.15) is 0 Å². The Kier molecular flexibility index (Phi) is 5.42. The standard InChI is InChI=1S/C19H21BrN2O4S/c1-14-7-9-16(10-8-14)19(15(2)20)11-4-12-21(19)27(25,26)18-6-3-5-17(13-18)22(23)24/h3,5-10,13,15H,4,11-12H2,1-2H3/t15-,19+/m0/s1. The highest BCUT2D eigenvalue weighted by atomic mass is 79.9. The summed E-state index contributed by atoms with van der Waals surface area (Å²) in [5.41, 5.74) is 1.05. The lowest BCUT2D eigenvalue weighted by molar-refractivity contribution is -0.385. The number of hydrogen-bond donors (Lipinski definition) is 0. The molecule has 2 aromatic rings. The van der Waals surface area contributed by atoms with E-state index in [4.69, 9.17) is 0 Å². The minimum absolute atomic E-state index is 0.0526. The van der Waals surface area contributed by atoms with Crippen LogP contribution in [0.2, 0.25) is 0 Å². The van der Waals surface area contributed by atoms with Crippen molar-refractivity contribution in [3.63, 3.8) is 0 Å². The van der Waals surface area contributed by atoms with Gasteiger partial charge in [0, 0.05) is 23.5 Å². The highest BCUT2D eigenvalue weighted by Crippen LogP contribution is 2.47. The first-order valence-electron chi connectivity index (χ1n) is 8.68. The summed E-state index contributed by atoms with van der Waals surface area (Å²) in [6.45, 7) is 4.30. The second kappa shape index (κ2) is 7.33. The van der Waals surface area contributed by atoms with Gasteiger partial charge < -0.3 is 0 Å². The van der Waals surface area contributed by atoms with Gasteiger partial charge in [0.2, 0.25) is 10.0 Å². The monoisotopic (exact) mass is 452 g/mol. The van der Waals surface area contributed by atoms with Crippen molar-refractivity contribution in [2.75, 3.05) is 6.54 Å². The first-order chi connectivity index (χ1) is 12.7. The second-order valence-corrected chi connectivity index (χ2v) is 10.1. The quantitative estimate of drug-likeness (QED) is 0.383. The Morgan fingerprint density at radius 1 is 1.22 bits per heavy atom. The third kappa shape index (κ3) is 3.41. The van der Waals surface area contributed by atoms with E-state index in [9.17, 15) is 18.5 Å². The Balaban J connectivity index is 2.14. The zero-order chi connectivity index (χ0) is 19.8. The lowest BCUT2D eigenvalue weighted by atomic mass is 9.85. The maximum atomic E-state index is 13.5. The average molecular weight is 453 g/mol. The fourth-order valence-corrected chi connectivity index (χ4v) is 6.60. The Labute approximate surface area is 167 Å². The van der Waals surface area contributed by atoms with Gasteiger partial charge in [-0.05, 0) is 31.4 Å². The molecular weight excluding hydrogens is 432 g/mol. The molecule has 0 unspecified atom stereocenters. The van der Waals surface area contributed by atoms with Crippen LogP contribution in [-0.2, 0) is 15.6 Å². The van der Waals surface area contributed by atoms with Crippen LogP contribution in [0.3, 0.4) is 0 Å². The molecule has 1 saturated heterocycles. The number of halogens is 1. The molecule has 0 N–H and O–H groups in total. The van der Waals surface area contributed by atoms with Gasteiger partial charge in [0.15, 0.2) is 0 Å². The summed E-state index contributed by atoms with van der Waals surface area (Å²) in [4.78, 5) is 10.3. The summed E-state index contributed by atoms with van der Waals surface area (Å²) < 4.78 is 28.4. The molecule has 8 heteroatoms. The van der Waals surface area contributed by atoms with Gasteiger partial charge >= 0.3 is 0 Å². The van der Waals surface area contributed by atoms with Crippen LogP contribution in [-0.4, -0.2) is 29.0 Å². The molecule has 0 saturated carbocycles. The summed E-state index contributed by atoms with van der Waals surface area (Å²) in [6.07, 6.45) is 1.40. The fraction of sp³-hybridized carbons (Fsp3) is 0.368. The van der Waals surface area contributed by atoms with E-state index >= 15 is 0 Å². The summed E-state index contributed by atoms with van der Waals surface area (Å²) >= 11 is 3.64. The number of aryl methyl sites for hydroxylation is 1. The van der Waals surface area contributed by atoms with E-state index < -0.39 is 20.5 Å². The number of benzene rings is 2. The number of hydrogen-bond acceptors (Lipinski definition) is 4. The highest BCUT2D eigenvalue weighted by molar-refractivity contribution is 9.09. The van der Waals surface area contributed by atoms with Gasteiger partial charge in [-0.2, -0.15) is 4.31 Å². The van der Waals surface area contributed by atoms with E-state index in [1.807, 2.05) is 38.1 Å². The molecular formula is C19H21BrN2O4S. The minimum atomic E-state index is -3.91. The van der Waals surface area contributed by atoms with Crippen molar-refractivity contribution in [1.29, 1.82) is 0 Å². The Hall–Kier alpha value is -1.77. The van der Waals surface area contributed by atoms with Crippen LogP contribution in [0.1, 0.15) is 30.9 Å². The highest BCUT2D eigenvalue weighted by Gasteiger charge is 2.51. The molecule has 0 aliphatic carbocycles. The third-order valence-electron chi connectivity index (χ3n) is 5.19. The predicted molar refractivity (Wildman–Crippen MR) is 107 cm³/mol. The van der Waals surface area contributed by atoms with E-state index in [2.05, 4.69) is 15.9 Å². The summed E-state index contributed by atoms with van der Waals surface area (Å²) in [5, 5.41) is 11.1. The van der Waals surface area contributed by atoms with Gasteiger partial charge in [-0.15, -0.1) is 0 Å². The first-order valence-corrected chi connectivity index (χ1v) is 11.0. The summed E-state index contributed by atoms with van der Waals surface area (Å²) in [6, 6.07) is 13.1. The average Bonchev–Trinajstić information content (AvgIpc) is 3.09. The first kappa shape index (κ1) is 20.0. The Morgan fingerprint density at radius 3 is 2.48 bits per heavy atom. The van der Waals surface area contributed by atoms with E-state index in [-0.39, 0.29) is 15.4 Å². The molecule has 6 nitrogen and oxygen atoms in total. The Morgan fingerprint density at radius 2 is 1.89 bits per heavy atom. The van der Waals surface area contributed by atoms with E-state index in [0.29, 0.717) is 13.0 Å². The number of sulfonamides is 1. The van der Waals surface area contributed by atoms with Gasteiger partial charge in [0.05, 0.1) is 15.4 Å². The zero-order valence-corrected chi connectivity index (χ0v) is 17.5. The van der Waals surface area contributed by atoms with Crippen molar-refractivity contribution in [2.45, 2.75) is 42.0 Å². The Bertz CT molecular complexity index is 960. The SMILES string of the molecule is Cc1ccc([C@]2([C@H](C)Br)CCCN2S(=O)(=O)c2cccc([N+](=O)[O-])c2)cc1.